The van der Waals surface area contributed by atoms with Gasteiger partial charge in [0.15, 0.2) is 0 Å². The second kappa shape index (κ2) is 11.8. The van der Waals surface area contributed by atoms with Gasteiger partial charge in [0.2, 0.25) is 11.8 Å². The molecule has 0 unspecified atom stereocenters. The van der Waals surface area contributed by atoms with Crippen molar-refractivity contribution in [1.29, 1.82) is 0 Å². The van der Waals surface area contributed by atoms with Crippen LogP contribution in [0.5, 0.6) is 0 Å². The highest BCUT2D eigenvalue weighted by molar-refractivity contribution is 7.92. The second-order valence-electron chi connectivity index (χ2n) is 10.2. The van der Waals surface area contributed by atoms with Crippen molar-refractivity contribution in [2.24, 2.45) is 0 Å². The van der Waals surface area contributed by atoms with Gasteiger partial charge in [-0.2, -0.15) is 0 Å². The van der Waals surface area contributed by atoms with Gasteiger partial charge in [-0.25, -0.2) is 12.8 Å². The lowest BCUT2D eigenvalue weighted by Gasteiger charge is -2.33. The Morgan fingerprint density at radius 3 is 2.05 bits per heavy atom. The summed E-state index contributed by atoms with van der Waals surface area (Å²) in [5, 5.41) is 2.87. The Kier molecular flexibility index (Phi) is 8.93. The Balaban J connectivity index is 2.00. The number of aryl methyl sites for hydroxylation is 1. The zero-order valence-corrected chi connectivity index (χ0v) is 23.1. The van der Waals surface area contributed by atoms with E-state index in [-0.39, 0.29) is 17.3 Å². The second-order valence-corrected chi connectivity index (χ2v) is 12.1. The highest BCUT2D eigenvalue weighted by Gasteiger charge is 2.33. The average molecular weight is 540 g/mol. The number of rotatable bonds is 9. The first-order valence-electron chi connectivity index (χ1n) is 12.3. The lowest BCUT2D eigenvalue weighted by Crippen LogP contribution is -2.54. The van der Waals surface area contributed by atoms with E-state index in [0.717, 1.165) is 9.87 Å². The molecule has 0 aliphatic rings. The summed E-state index contributed by atoms with van der Waals surface area (Å²) in [6, 6.07) is 19.4. The molecule has 1 N–H and O–H groups in total. The fourth-order valence-electron chi connectivity index (χ4n) is 3.80. The molecule has 202 valence electrons. The molecule has 0 aliphatic heterocycles. The van der Waals surface area contributed by atoms with Crippen LogP contribution in [-0.2, 0) is 26.2 Å². The minimum Gasteiger partial charge on any atom is -0.350 e. The quantitative estimate of drug-likeness (QED) is 0.429. The van der Waals surface area contributed by atoms with Gasteiger partial charge >= 0.3 is 0 Å². The molecule has 0 fully saturated rings. The molecule has 0 saturated carbocycles. The molecule has 2 amide bonds. The van der Waals surface area contributed by atoms with Crippen LogP contribution in [0.3, 0.4) is 0 Å². The summed E-state index contributed by atoms with van der Waals surface area (Å²) in [6.07, 6.45) is 0. The van der Waals surface area contributed by atoms with Crippen LogP contribution in [0.2, 0.25) is 0 Å². The Labute approximate surface area is 224 Å². The molecule has 0 aromatic heterocycles. The molecule has 9 heteroatoms. The molecule has 7 nitrogen and oxygen atoms in total. The monoisotopic (exact) mass is 539 g/mol. The number of hydrogen-bond acceptors (Lipinski definition) is 4. The molecular weight excluding hydrogens is 505 g/mol. The molecule has 38 heavy (non-hydrogen) atoms. The predicted octanol–water partition coefficient (Wildman–Crippen LogP) is 4.66. The van der Waals surface area contributed by atoms with Crippen molar-refractivity contribution in [3.05, 3.63) is 95.8 Å². The van der Waals surface area contributed by atoms with Crippen molar-refractivity contribution in [1.82, 2.24) is 10.2 Å². The van der Waals surface area contributed by atoms with Crippen LogP contribution >= 0.6 is 0 Å². The van der Waals surface area contributed by atoms with Crippen molar-refractivity contribution in [2.45, 2.75) is 57.6 Å². The van der Waals surface area contributed by atoms with Crippen molar-refractivity contribution < 1.29 is 22.4 Å². The van der Waals surface area contributed by atoms with E-state index in [0.29, 0.717) is 11.3 Å². The van der Waals surface area contributed by atoms with Gasteiger partial charge in [0.05, 0.1) is 10.6 Å². The maximum absolute atomic E-state index is 13.8. The third kappa shape index (κ3) is 7.41. The highest BCUT2D eigenvalue weighted by Crippen LogP contribution is 2.25. The van der Waals surface area contributed by atoms with E-state index >= 15 is 0 Å². The van der Waals surface area contributed by atoms with Gasteiger partial charge in [-0.05, 0) is 76.6 Å². The molecule has 0 saturated heterocycles. The number of amides is 2. The largest absolute Gasteiger partial charge is 0.350 e. The lowest BCUT2D eigenvalue weighted by molar-refractivity contribution is -0.140. The predicted molar refractivity (Wildman–Crippen MR) is 146 cm³/mol. The zero-order chi connectivity index (χ0) is 28.1. The standard InChI is InChI=1S/C29H34FN3O4S/c1-21-11-17-26(18-12-21)38(36,37)33(25-9-7-6-8-10-25)20-27(34)32(19-23-13-15-24(30)16-14-23)22(2)28(35)31-29(3,4)5/h6-18,22H,19-20H2,1-5H3,(H,31,35)/t22-/m0/s1. The first-order valence-corrected chi connectivity index (χ1v) is 13.7. The number of para-hydroxylation sites is 1. The topological polar surface area (TPSA) is 86.8 Å². The summed E-state index contributed by atoms with van der Waals surface area (Å²) >= 11 is 0. The third-order valence-corrected chi connectivity index (χ3v) is 7.65. The van der Waals surface area contributed by atoms with Crippen LogP contribution < -0.4 is 9.62 Å². The van der Waals surface area contributed by atoms with E-state index in [9.17, 15) is 22.4 Å². The number of benzene rings is 3. The molecule has 3 aromatic carbocycles. The molecular formula is C29H34FN3O4S. The normalized spacial score (nSPS) is 12.5. The summed E-state index contributed by atoms with van der Waals surface area (Å²) < 4.78 is 42.0. The van der Waals surface area contributed by atoms with Gasteiger partial charge < -0.3 is 10.2 Å². The SMILES string of the molecule is Cc1ccc(S(=O)(=O)N(CC(=O)N(Cc2ccc(F)cc2)[C@@H](C)C(=O)NC(C)(C)C)c2ccccc2)cc1. The first-order chi connectivity index (χ1) is 17.8. The number of anilines is 1. The van der Waals surface area contributed by atoms with Gasteiger partial charge in [0.1, 0.15) is 18.4 Å². The number of carbonyl (C=O) groups excluding carboxylic acids is 2. The molecule has 0 heterocycles. The van der Waals surface area contributed by atoms with Crippen molar-refractivity contribution >= 4 is 27.5 Å². The molecule has 3 rings (SSSR count). The van der Waals surface area contributed by atoms with Gasteiger partial charge in [0, 0.05) is 12.1 Å². The van der Waals surface area contributed by atoms with E-state index < -0.39 is 39.9 Å². The van der Waals surface area contributed by atoms with Crippen molar-refractivity contribution in [3.63, 3.8) is 0 Å². The van der Waals surface area contributed by atoms with E-state index in [1.54, 1.807) is 49.4 Å². The number of nitrogens with zero attached hydrogens (tertiary/aromatic N) is 2. The Morgan fingerprint density at radius 2 is 1.50 bits per heavy atom. The van der Waals surface area contributed by atoms with Crippen molar-refractivity contribution in [2.75, 3.05) is 10.8 Å². The number of carbonyl (C=O) groups is 2. The zero-order valence-electron chi connectivity index (χ0n) is 22.3. The highest BCUT2D eigenvalue weighted by atomic mass is 32.2. The molecule has 1 atom stereocenters. The van der Waals surface area contributed by atoms with Crippen LogP contribution in [0.1, 0.15) is 38.8 Å². The fourth-order valence-corrected chi connectivity index (χ4v) is 5.22. The van der Waals surface area contributed by atoms with E-state index in [4.69, 9.17) is 0 Å². The first kappa shape index (κ1) is 28.8. The van der Waals surface area contributed by atoms with E-state index in [1.165, 1.54) is 41.3 Å². The molecule has 0 radical (unpaired) electrons. The number of halogens is 1. The number of nitrogens with one attached hydrogen (secondary N) is 1. The Hall–Kier alpha value is -3.72. The van der Waals surface area contributed by atoms with Gasteiger partial charge in [0.25, 0.3) is 10.0 Å². The summed E-state index contributed by atoms with van der Waals surface area (Å²) in [5.41, 5.74) is 1.27. The summed E-state index contributed by atoms with van der Waals surface area (Å²) in [7, 11) is -4.12. The van der Waals surface area contributed by atoms with E-state index in [1.807, 2.05) is 27.7 Å². The summed E-state index contributed by atoms with van der Waals surface area (Å²) in [6.45, 7) is 8.38. The smallest absolute Gasteiger partial charge is 0.264 e. The number of hydrogen-bond donors (Lipinski definition) is 1. The van der Waals surface area contributed by atoms with Crippen LogP contribution in [0, 0.1) is 12.7 Å². The van der Waals surface area contributed by atoms with Crippen LogP contribution in [0.15, 0.2) is 83.8 Å². The molecule has 0 aliphatic carbocycles. The van der Waals surface area contributed by atoms with Crippen molar-refractivity contribution in [3.8, 4) is 0 Å². The van der Waals surface area contributed by atoms with Gasteiger partial charge in [-0.3, -0.25) is 13.9 Å². The Morgan fingerprint density at radius 1 is 0.921 bits per heavy atom. The third-order valence-electron chi connectivity index (χ3n) is 5.86. The van der Waals surface area contributed by atoms with Crippen LogP contribution in [-0.4, -0.2) is 43.3 Å². The van der Waals surface area contributed by atoms with E-state index in [2.05, 4.69) is 5.32 Å². The Bertz CT molecular complexity index is 1350. The van der Waals surface area contributed by atoms with Crippen LogP contribution in [0.4, 0.5) is 10.1 Å². The minimum atomic E-state index is -4.12. The number of sulfonamides is 1. The summed E-state index contributed by atoms with van der Waals surface area (Å²) in [5.74, 6) is -1.39. The minimum absolute atomic E-state index is 0.00888. The molecule has 3 aromatic rings. The summed E-state index contributed by atoms with van der Waals surface area (Å²) in [4.78, 5) is 28.2. The van der Waals surface area contributed by atoms with Gasteiger partial charge in [-0.1, -0.05) is 48.0 Å². The fraction of sp³-hybridized carbons (Fsp3) is 0.310. The van der Waals surface area contributed by atoms with Gasteiger partial charge in [-0.15, -0.1) is 0 Å². The maximum atomic E-state index is 13.8. The average Bonchev–Trinajstić information content (AvgIpc) is 2.86. The van der Waals surface area contributed by atoms with Crippen LogP contribution in [0.25, 0.3) is 0 Å². The maximum Gasteiger partial charge on any atom is 0.264 e. The lowest BCUT2D eigenvalue weighted by atomic mass is 10.1. The molecule has 0 spiro atoms. The molecule has 0 bridgehead atoms.